The van der Waals surface area contributed by atoms with Gasteiger partial charge < -0.3 is 14.6 Å². The number of pyridine rings is 1. The topological polar surface area (TPSA) is 73.2 Å². The molecule has 1 N–H and O–H groups in total. The molecule has 4 rings (SSSR count). The first-order valence-electron chi connectivity index (χ1n) is 8.90. The normalized spacial score (nSPS) is 10.9. The highest BCUT2D eigenvalue weighted by Gasteiger charge is 2.12. The molecule has 0 unspecified atom stereocenters. The Kier molecular flexibility index (Phi) is 5.53. The molecule has 2 aromatic carbocycles. The molecule has 30 heavy (non-hydrogen) atoms. The van der Waals surface area contributed by atoms with Gasteiger partial charge in [0.1, 0.15) is 34.7 Å². The molecule has 0 saturated carbocycles. The number of hydrogen-bond acceptors (Lipinski definition) is 5. The van der Waals surface area contributed by atoms with Crippen molar-refractivity contribution in [2.45, 2.75) is 13.2 Å². The predicted molar refractivity (Wildman–Crippen MR) is 110 cm³/mol. The second-order valence-electron chi connectivity index (χ2n) is 6.35. The minimum Gasteiger partial charge on any atom is -0.487 e. The first kappa shape index (κ1) is 19.7. The summed E-state index contributed by atoms with van der Waals surface area (Å²) >= 11 is 1.35. The van der Waals surface area contributed by atoms with E-state index >= 15 is 0 Å². The molecule has 0 bridgehead atoms. The molecule has 0 radical (unpaired) electrons. The molecule has 0 aliphatic rings. The van der Waals surface area contributed by atoms with Gasteiger partial charge in [0.05, 0.1) is 16.8 Å². The van der Waals surface area contributed by atoms with Crippen LogP contribution in [0.3, 0.4) is 0 Å². The van der Waals surface area contributed by atoms with Crippen LogP contribution in [-0.2, 0) is 17.9 Å². The molecule has 6 nitrogen and oxygen atoms in total. The number of anilines is 1. The number of thiazole rings is 1. The van der Waals surface area contributed by atoms with Crippen LogP contribution in [0.2, 0.25) is 0 Å². The zero-order valence-electron chi connectivity index (χ0n) is 15.5. The van der Waals surface area contributed by atoms with Crippen LogP contribution in [0.25, 0.3) is 10.2 Å². The maximum atomic E-state index is 13.8. The summed E-state index contributed by atoms with van der Waals surface area (Å²) in [5.74, 6) is -0.799. The van der Waals surface area contributed by atoms with Crippen molar-refractivity contribution < 1.29 is 18.3 Å². The molecular weight excluding hydrogens is 412 g/mol. The SMILES string of the molecule is O=CNc1cccn(Cc2nc3cccc(OCc4ccc(F)cc4F)c3s2)c1=O. The lowest BCUT2D eigenvalue weighted by Gasteiger charge is -2.08. The molecule has 0 saturated heterocycles. The van der Waals surface area contributed by atoms with Crippen molar-refractivity contribution in [2.75, 3.05) is 5.32 Å². The smallest absolute Gasteiger partial charge is 0.274 e. The Bertz CT molecular complexity index is 1290. The van der Waals surface area contributed by atoms with Crippen LogP contribution >= 0.6 is 11.3 Å². The largest absolute Gasteiger partial charge is 0.487 e. The van der Waals surface area contributed by atoms with E-state index in [1.54, 1.807) is 24.4 Å². The van der Waals surface area contributed by atoms with E-state index < -0.39 is 11.6 Å². The van der Waals surface area contributed by atoms with E-state index in [9.17, 15) is 18.4 Å². The van der Waals surface area contributed by atoms with Gasteiger partial charge in [-0.05, 0) is 36.4 Å². The van der Waals surface area contributed by atoms with E-state index in [1.165, 1.54) is 34.1 Å². The first-order chi connectivity index (χ1) is 14.5. The third-order valence-electron chi connectivity index (χ3n) is 4.36. The zero-order chi connectivity index (χ0) is 21.1. The maximum Gasteiger partial charge on any atom is 0.274 e. The highest BCUT2D eigenvalue weighted by molar-refractivity contribution is 7.19. The molecule has 152 valence electrons. The van der Waals surface area contributed by atoms with Gasteiger partial charge in [-0.25, -0.2) is 13.8 Å². The second kappa shape index (κ2) is 8.42. The van der Waals surface area contributed by atoms with Crippen LogP contribution in [0.5, 0.6) is 5.75 Å². The van der Waals surface area contributed by atoms with E-state index in [1.807, 2.05) is 6.07 Å². The van der Waals surface area contributed by atoms with Gasteiger partial charge in [-0.15, -0.1) is 11.3 Å². The fraction of sp³-hybridized carbons (Fsp3) is 0.0952. The predicted octanol–water partition coefficient (Wildman–Crippen LogP) is 3.93. The second-order valence-corrected chi connectivity index (χ2v) is 7.44. The van der Waals surface area contributed by atoms with Crippen LogP contribution in [0.1, 0.15) is 10.6 Å². The van der Waals surface area contributed by atoms with Crippen molar-refractivity contribution in [1.29, 1.82) is 0 Å². The molecular formula is C21H15F2N3O3S. The van der Waals surface area contributed by atoms with E-state index in [2.05, 4.69) is 10.3 Å². The summed E-state index contributed by atoms with van der Waals surface area (Å²) in [6.45, 7) is 0.163. The van der Waals surface area contributed by atoms with Gasteiger partial charge in [0.15, 0.2) is 0 Å². The number of hydrogen-bond donors (Lipinski definition) is 1. The molecule has 0 aliphatic carbocycles. The maximum absolute atomic E-state index is 13.8. The molecule has 2 heterocycles. The van der Waals surface area contributed by atoms with E-state index in [-0.39, 0.29) is 30.0 Å². The number of carbonyl (C=O) groups excluding carboxylic acids is 1. The first-order valence-corrected chi connectivity index (χ1v) is 9.71. The fourth-order valence-electron chi connectivity index (χ4n) is 2.93. The molecule has 0 atom stereocenters. The third kappa shape index (κ3) is 4.06. The number of nitrogens with one attached hydrogen (secondary N) is 1. The van der Waals surface area contributed by atoms with Gasteiger partial charge in [0.25, 0.3) is 5.56 Å². The lowest BCUT2D eigenvalue weighted by atomic mass is 10.2. The number of carbonyl (C=O) groups is 1. The standard InChI is InChI=1S/C21H15F2N3O3S/c22-14-7-6-13(15(23)9-14)11-29-18-5-1-3-16-20(18)30-19(25-16)10-26-8-2-4-17(21(26)28)24-12-27/h1-9,12H,10-11H2,(H,24,27). The van der Waals surface area contributed by atoms with Crippen molar-refractivity contribution in [3.8, 4) is 5.75 Å². The van der Waals surface area contributed by atoms with Gasteiger partial charge in [0, 0.05) is 17.8 Å². The Balaban J connectivity index is 1.59. The summed E-state index contributed by atoms with van der Waals surface area (Å²) in [4.78, 5) is 27.6. The van der Waals surface area contributed by atoms with E-state index in [0.717, 1.165) is 10.8 Å². The summed E-state index contributed by atoms with van der Waals surface area (Å²) in [6.07, 6.45) is 2.06. The van der Waals surface area contributed by atoms with Crippen LogP contribution in [-0.4, -0.2) is 16.0 Å². The van der Waals surface area contributed by atoms with E-state index in [4.69, 9.17) is 4.74 Å². The van der Waals surface area contributed by atoms with Crippen molar-refractivity contribution in [1.82, 2.24) is 9.55 Å². The Labute approximate surface area is 173 Å². The number of aromatic nitrogens is 2. The lowest BCUT2D eigenvalue weighted by Crippen LogP contribution is -2.22. The Morgan fingerprint density at radius 3 is 2.83 bits per heavy atom. The van der Waals surface area contributed by atoms with Crippen molar-refractivity contribution >= 4 is 33.7 Å². The van der Waals surface area contributed by atoms with Crippen LogP contribution < -0.4 is 15.6 Å². The highest BCUT2D eigenvalue weighted by Crippen LogP contribution is 2.32. The van der Waals surface area contributed by atoms with Gasteiger partial charge in [-0.3, -0.25) is 9.59 Å². The van der Waals surface area contributed by atoms with Crippen LogP contribution in [0.15, 0.2) is 59.5 Å². The van der Waals surface area contributed by atoms with Crippen LogP contribution in [0, 0.1) is 11.6 Å². The summed E-state index contributed by atoms with van der Waals surface area (Å²) in [5, 5.41) is 3.04. The van der Waals surface area contributed by atoms with Gasteiger partial charge >= 0.3 is 0 Å². The number of rotatable bonds is 7. The highest BCUT2D eigenvalue weighted by atomic mass is 32.1. The third-order valence-corrected chi connectivity index (χ3v) is 5.43. The lowest BCUT2D eigenvalue weighted by molar-refractivity contribution is -0.105. The molecule has 1 amide bonds. The zero-order valence-corrected chi connectivity index (χ0v) is 16.3. The number of amides is 1. The number of ether oxygens (including phenoxy) is 1. The molecule has 0 aliphatic heterocycles. The van der Waals surface area contributed by atoms with E-state index in [0.29, 0.717) is 22.7 Å². The number of nitrogens with zero attached hydrogens (tertiary/aromatic N) is 2. The Hall–Kier alpha value is -3.59. The number of fused-ring (bicyclic) bond motifs is 1. The molecule has 9 heteroatoms. The molecule has 4 aromatic rings. The summed E-state index contributed by atoms with van der Waals surface area (Å²) in [6, 6.07) is 11.8. The number of halogens is 2. The van der Waals surface area contributed by atoms with Crippen molar-refractivity contribution in [2.24, 2.45) is 0 Å². The molecule has 0 spiro atoms. The average molecular weight is 427 g/mol. The average Bonchev–Trinajstić information content (AvgIpc) is 3.14. The Morgan fingerprint density at radius 2 is 2.03 bits per heavy atom. The van der Waals surface area contributed by atoms with Gasteiger partial charge in [-0.1, -0.05) is 6.07 Å². The molecule has 2 aromatic heterocycles. The summed E-state index contributed by atoms with van der Waals surface area (Å²) in [7, 11) is 0. The van der Waals surface area contributed by atoms with Gasteiger partial charge in [-0.2, -0.15) is 0 Å². The summed E-state index contributed by atoms with van der Waals surface area (Å²) in [5.41, 5.74) is 0.762. The number of benzene rings is 2. The molecule has 0 fully saturated rings. The minimum absolute atomic E-state index is 0.0582. The fourth-order valence-corrected chi connectivity index (χ4v) is 3.95. The van der Waals surface area contributed by atoms with Gasteiger partial charge in [0.2, 0.25) is 6.41 Å². The quantitative estimate of drug-likeness (QED) is 0.454. The van der Waals surface area contributed by atoms with Crippen LogP contribution in [0.4, 0.5) is 14.5 Å². The summed E-state index contributed by atoms with van der Waals surface area (Å²) < 4.78 is 34.9. The van der Waals surface area contributed by atoms with Crippen molar-refractivity contribution in [3.05, 3.63) is 87.3 Å². The minimum atomic E-state index is -0.671. The Morgan fingerprint density at radius 1 is 1.17 bits per heavy atom. The van der Waals surface area contributed by atoms with Crippen molar-refractivity contribution in [3.63, 3.8) is 0 Å². The monoisotopic (exact) mass is 427 g/mol.